The Morgan fingerprint density at radius 2 is 2.20 bits per heavy atom. The highest BCUT2D eigenvalue weighted by Gasteiger charge is 2.38. The van der Waals surface area contributed by atoms with Gasteiger partial charge in [0.15, 0.2) is 5.69 Å². The largest absolute Gasteiger partial charge is 0.435 e. The topological polar surface area (TPSA) is 67.2 Å². The van der Waals surface area contributed by atoms with Crippen LogP contribution in [0.15, 0.2) is 6.20 Å². The lowest BCUT2D eigenvalue weighted by Gasteiger charge is -2.07. The summed E-state index contributed by atoms with van der Waals surface area (Å²) in [5.74, 6) is 0.536. The van der Waals surface area contributed by atoms with Crippen LogP contribution in [0.5, 0.6) is 0 Å². The zero-order chi connectivity index (χ0) is 15.2. The van der Waals surface area contributed by atoms with Gasteiger partial charge >= 0.3 is 6.18 Å². The number of aromatic nitrogens is 2. The van der Waals surface area contributed by atoms with E-state index in [1.807, 2.05) is 0 Å². The summed E-state index contributed by atoms with van der Waals surface area (Å²) in [5.41, 5.74) is -1.65. The van der Waals surface area contributed by atoms with Crippen LogP contribution in [0.4, 0.5) is 13.2 Å². The fourth-order valence-electron chi connectivity index (χ4n) is 1.46. The SMILES string of the molecule is Cn1cc(C(=O)NCCSCCCO)c(C(F)(F)F)n1. The number of thioether (sulfide) groups is 1. The maximum Gasteiger partial charge on any atom is 0.435 e. The third-order valence-electron chi connectivity index (χ3n) is 2.32. The van der Waals surface area contributed by atoms with Gasteiger partial charge in [-0.3, -0.25) is 9.48 Å². The molecule has 1 aromatic rings. The Balaban J connectivity index is 2.52. The van der Waals surface area contributed by atoms with E-state index in [9.17, 15) is 18.0 Å². The lowest BCUT2D eigenvalue weighted by atomic mass is 10.2. The first-order valence-electron chi connectivity index (χ1n) is 5.94. The van der Waals surface area contributed by atoms with Crippen molar-refractivity contribution in [3.05, 3.63) is 17.5 Å². The summed E-state index contributed by atoms with van der Waals surface area (Å²) in [6.45, 7) is 0.366. The molecule has 0 aromatic carbocycles. The number of halogens is 3. The molecule has 0 bridgehead atoms. The summed E-state index contributed by atoms with van der Waals surface area (Å²) in [5, 5.41) is 14.3. The normalized spacial score (nSPS) is 11.7. The highest BCUT2D eigenvalue weighted by molar-refractivity contribution is 7.99. The van der Waals surface area contributed by atoms with Crippen molar-refractivity contribution in [1.82, 2.24) is 15.1 Å². The van der Waals surface area contributed by atoms with Crippen molar-refractivity contribution in [2.24, 2.45) is 7.05 Å². The van der Waals surface area contributed by atoms with Crippen LogP contribution in [0, 0.1) is 0 Å². The van der Waals surface area contributed by atoms with E-state index in [1.165, 1.54) is 18.8 Å². The number of carbonyl (C=O) groups is 1. The summed E-state index contributed by atoms with van der Waals surface area (Å²) in [7, 11) is 1.33. The summed E-state index contributed by atoms with van der Waals surface area (Å²) in [4.78, 5) is 11.7. The quantitative estimate of drug-likeness (QED) is 0.745. The van der Waals surface area contributed by atoms with Crippen molar-refractivity contribution in [2.45, 2.75) is 12.6 Å². The number of aryl methyl sites for hydroxylation is 1. The fourth-order valence-corrected chi connectivity index (χ4v) is 2.25. The lowest BCUT2D eigenvalue weighted by Crippen LogP contribution is -2.27. The van der Waals surface area contributed by atoms with Gasteiger partial charge in [-0.15, -0.1) is 0 Å². The average molecular weight is 311 g/mol. The number of hydrogen-bond donors (Lipinski definition) is 2. The highest BCUT2D eigenvalue weighted by Crippen LogP contribution is 2.30. The molecule has 0 radical (unpaired) electrons. The first-order valence-corrected chi connectivity index (χ1v) is 7.09. The van der Waals surface area contributed by atoms with Gasteiger partial charge in [0.1, 0.15) is 0 Å². The van der Waals surface area contributed by atoms with Crippen molar-refractivity contribution in [2.75, 3.05) is 24.7 Å². The van der Waals surface area contributed by atoms with Crippen molar-refractivity contribution in [3.8, 4) is 0 Å². The molecule has 0 aliphatic rings. The third kappa shape index (κ3) is 5.04. The Kier molecular flexibility index (Phi) is 6.34. The molecule has 20 heavy (non-hydrogen) atoms. The van der Waals surface area contributed by atoms with Crippen LogP contribution in [0.1, 0.15) is 22.5 Å². The Hall–Kier alpha value is -1.22. The zero-order valence-corrected chi connectivity index (χ0v) is 11.7. The van der Waals surface area contributed by atoms with Crippen molar-refractivity contribution < 1.29 is 23.1 Å². The molecule has 0 spiro atoms. The zero-order valence-electron chi connectivity index (χ0n) is 10.9. The molecule has 0 fully saturated rings. The van der Waals surface area contributed by atoms with Crippen molar-refractivity contribution >= 4 is 17.7 Å². The van der Waals surface area contributed by atoms with E-state index >= 15 is 0 Å². The second kappa shape index (κ2) is 7.53. The van der Waals surface area contributed by atoms with Crippen LogP contribution < -0.4 is 5.32 Å². The van der Waals surface area contributed by atoms with Gasteiger partial charge in [0, 0.05) is 32.1 Å². The minimum absolute atomic E-state index is 0.101. The molecule has 1 rings (SSSR count). The van der Waals surface area contributed by atoms with E-state index in [1.54, 1.807) is 0 Å². The number of amides is 1. The number of aliphatic hydroxyl groups is 1. The predicted molar refractivity (Wildman–Crippen MR) is 69.6 cm³/mol. The molecule has 1 heterocycles. The molecule has 0 saturated heterocycles. The van der Waals surface area contributed by atoms with E-state index < -0.39 is 23.3 Å². The Morgan fingerprint density at radius 1 is 1.50 bits per heavy atom. The molecule has 2 N–H and O–H groups in total. The number of nitrogens with zero attached hydrogens (tertiary/aromatic N) is 2. The summed E-state index contributed by atoms with van der Waals surface area (Å²) < 4.78 is 39.0. The van der Waals surface area contributed by atoms with E-state index in [2.05, 4.69) is 10.4 Å². The number of alkyl halides is 3. The number of rotatable bonds is 7. The van der Waals surface area contributed by atoms with Crippen molar-refractivity contribution in [3.63, 3.8) is 0 Å². The van der Waals surface area contributed by atoms with E-state index in [4.69, 9.17) is 5.11 Å². The average Bonchev–Trinajstić information content (AvgIpc) is 2.75. The fraction of sp³-hybridized carbons (Fsp3) is 0.636. The maximum absolute atomic E-state index is 12.7. The maximum atomic E-state index is 12.7. The Bertz CT molecular complexity index is 449. The molecule has 0 atom stereocenters. The number of nitrogens with one attached hydrogen (secondary N) is 1. The first-order chi connectivity index (χ1) is 9.36. The third-order valence-corrected chi connectivity index (χ3v) is 3.39. The monoisotopic (exact) mass is 311 g/mol. The van der Waals surface area contributed by atoms with Gasteiger partial charge in [0.25, 0.3) is 5.91 Å². The van der Waals surface area contributed by atoms with Crippen LogP contribution in [0.2, 0.25) is 0 Å². The number of aliphatic hydroxyl groups excluding tert-OH is 1. The molecule has 0 unspecified atom stereocenters. The molecular weight excluding hydrogens is 295 g/mol. The van der Waals surface area contributed by atoms with Crippen LogP contribution in [-0.2, 0) is 13.2 Å². The van der Waals surface area contributed by atoms with Gasteiger partial charge in [0.2, 0.25) is 0 Å². The summed E-state index contributed by atoms with van der Waals surface area (Å²) >= 11 is 1.51. The molecule has 9 heteroatoms. The summed E-state index contributed by atoms with van der Waals surface area (Å²) in [6.07, 6.45) is -2.94. The van der Waals surface area contributed by atoms with Crippen molar-refractivity contribution in [1.29, 1.82) is 0 Å². The smallest absolute Gasteiger partial charge is 0.396 e. The minimum Gasteiger partial charge on any atom is -0.396 e. The molecule has 5 nitrogen and oxygen atoms in total. The first kappa shape index (κ1) is 16.8. The standard InChI is InChI=1S/C11H16F3N3O2S/c1-17-7-8(9(16-17)11(12,13)14)10(19)15-3-6-20-5-2-4-18/h7,18H,2-6H2,1H3,(H,15,19). The highest BCUT2D eigenvalue weighted by atomic mass is 32.2. The summed E-state index contributed by atoms with van der Waals surface area (Å²) in [6, 6.07) is 0. The van der Waals surface area contributed by atoms with Gasteiger partial charge in [-0.05, 0) is 12.2 Å². The predicted octanol–water partition coefficient (Wildman–Crippen LogP) is 1.28. The van der Waals surface area contributed by atoms with Gasteiger partial charge in [-0.2, -0.15) is 30.0 Å². The number of carbonyl (C=O) groups excluding carboxylic acids is 1. The minimum atomic E-state index is -4.65. The Morgan fingerprint density at radius 3 is 2.80 bits per heavy atom. The van der Waals surface area contributed by atoms with Crippen LogP contribution in [0.25, 0.3) is 0 Å². The second-order valence-corrected chi connectivity index (χ2v) is 5.23. The molecule has 0 aliphatic carbocycles. The van der Waals surface area contributed by atoms with E-state index in [0.717, 1.165) is 16.6 Å². The molecule has 1 aromatic heterocycles. The molecular formula is C11H16F3N3O2S. The van der Waals surface area contributed by atoms with Crippen LogP contribution in [0.3, 0.4) is 0 Å². The van der Waals surface area contributed by atoms with E-state index in [0.29, 0.717) is 12.2 Å². The molecule has 0 saturated carbocycles. The lowest BCUT2D eigenvalue weighted by molar-refractivity contribution is -0.141. The van der Waals surface area contributed by atoms with E-state index in [-0.39, 0.29) is 13.2 Å². The van der Waals surface area contributed by atoms with Gasteiger partial charge in [-0.1, -0.05) is 0 Å². The molecule has 0 aliphatic heterocycles. The molecule has 114 valence electrons. The van der Waals surface area contributed by atoms with Gasteiger partial charge in [-0.25, -0.2) is 0 Å². The van der Waals surface area contributed by atoms with Gasteiger partial charge < -0.3 is 10.4 Å². The van der Waals surface area contributed by atoms with Gasteiger partial charge in [0.05, 0.1) is 5.56 Å². The number of hydrogen-bond acceptors (Lipinski definition) is 4. The van der Waals surface area contributed by atoms with Crippen LogP contribution >= 0.6 is 11.8 Å². The van der Waals surface area contributed by atoms with Crippen LogP contribution in [-0.4, -0.2) is 45.5 Å². The molecule has 1 amide bonds. The Labute approximate surface area is 118 Å². The second-order valence-electron chi connectivity index (χ2n) is 4.01.